The number of amides is 1. The van der Waals surface area contributed by atoms with Gasteiger partial charge in [0.1, 0.15) is 0 Å². The summed E-state index contributed by atoms with van der Waals surface area (Å²) in [6.45, 7) is 2.67. The van der Waals surface area contributed by atoms with E-state index in [0.29, 0.717) is 31.0 Å². The van der Waals surface area contributed by atoms with Gasteiger partial charge in [-0.2, -0.15) is 0 Å². The maximum Gasteiger partial charge on any atom is 0.311 e. The molecule has 0 bridgehead atoms. The van der Waals surface area contributed by atoms with Crippen molar-refractivity contribution < 1.29 is 14.7 Å². The second kappa shape index (κ2) is 5.75. The van der Waals surface area contributed by atoms with Crippen molar-refractivity contribution in [2.75, 3.05) is 13.1 Å². The largest absolute Gasteiger partial charge is 0.481 e. The molecule has 1 aliphatic heterocycles. The van der Waals surface area contributed by atoms with Crippen LogP contribution < -0.4 is 0 Å². The van der Waals surface area contributed by atoms with Crippen LogP contribution in [0, 0.1) is 5.41 Å². The molecule has 1 aromatic rings. The molecule has 4 heteroatoms. The van der Waals surface area contributed by atoms with Crippen molar-refractivity contribution >= 4 is 11.9 Å². The van der Waals surface area contributed by atoms with E-state index in [-0.39, 0.29) is 5.91 Å². The molecule has 1 aliphatic carbocycles. The molecule has 2 fully saturated rings. The van der Waals surface area contributed by atoms with Gasteiger partial charge in [-0.1, -0.05) is 18.6 Å². The quantitative estimate of drug-likeness (QED) is 0.932. The second-order valence-electron chi connectivity index (χ2n) is 6.95. The number of nitrogens with zero attached hydrogens (tertiary/aromatic N) is 1. The van der Waals surface area contributed by atoms with Crippen molar-refractivity contribution in [3.05, 3.63) is 35.4 Å². The van der Waals surface area contributed by atoms with Crippen LogP contribution in [0.2, 0.25) is 0 Å². The molecule has 1 unspecified atom stereocenters. The van der Waals surface area contributed by atoms with Crippen LogP contribution in [0.15, 0.2) is 24.3 Å². The predicted octanol–water partition coefficient (Wildman–Crippen LogP) is 3.28. The van der Waals surface area contributed by atoms with Gasteiger partial charge in [0.2, 0.25) is 0 Å². The number of likely N-dealkylation sites (tertiary alicyclic amines) is 1. The Kier molecular flexibility index (Phi) is 3.94. The summed E-state index contributed by atoms with van der Waals surface area (Å²) in [4.78, 5) is 25.7. The lowest BCUT2D eigenvalue weighted by Gasteiger charge is -2.37. The highest BCUT2D eigenvalue weighted by Gasteiger charge is 2.39. The fourth-order valence-corrected chi connectivity index (χ4v) is 3.41. The van der Waals surface area contributed by atoms with Gasteiger partial charge >= 0.3 is 5.97 Å². The summed E-state index contributed by atoms with van der Waals surface area (Å²) in [5, 5.41) is 9.36. The van der Waals surface area contributed by atoms with Gasteiger partial charge < -0.3 is 10.0 Å². The number of aliphatic carboxylic acids is 1. The molecule has 3 rings (SSSR count). The maximum absolute atomic E-state index is 12.6. The van der Waals surface area contributed by atoms with E-state index < -0.39 is 11.4 Å². The van der Waals surface area contributed by atoms with E-state index in [2.05, 4.69) is 12.1 Å². The fraction of sp³-hybridized carbons (Fsp3) is 0.556. The Morgan fingerprint density at radius 3 is 2.41 bits per heavy atom. The highest BCUT2D eigenvalue weighted by molar-refractivity contribution is 5.94. The third kappa shape index (κ3) is 2.74. The number of piperidine rings is 1. The predicted molar refractivity (Wildman–Crippen MR) is 83.9 cm³/mol. The molecule has 1 atom stereocenters. The van der Waals surface area contributed by atoms with Crippen molar-refractivity contribution in [2.45, 2.75) is 44.9 Å². The molecular formula is C18H23NO3. The first-order chi connectivity index (χ1) is 10.5. The topological polar surface area (TPSA) is 57.6 Å². The summed E-state index contributed by atoms with van der Waals surface area (Å²) in [5.41, 5.74) is 1.16. The van der Waals surface area contributed by atoms with E-state index in [1.165, 1.54) is 24.8 Å². The molecule has 0 aromatic heterocycles. The lowest BCUT2D eigenvalue weighted by Crippen LogP contribution is -2.48. The Labute approximate surface area is 131 Å². The van der Waals surface area contributed by atoms with Crippen molar-refractivity contribution in [1.29, 1.82) is 0 Å². The van der Waals surface area contributed by atoms with Crippen LogP contribution in [0.3, 0.4) is 0 Å². The van der Waals surface area contributed by atoms with Crippen LogP contribution in [0.4, 0.5) is 0 Å². The summed E-state index contributed by atoms with van der Waals surface area (Å²) >= 11 is 0. The zero-order chi connectivity index (χ0) is 15.7. The minimum atomic E-state index is -0.820. The molecule has 2 aliphatic rings. The van der Waals surface area contributed by atoms with Gasteiger partial charge in [-0.15, -0.1) is 0 Å². The number of carbonyl (C=O) groups excluding carboxylic acids is 1. The summed E-state index contributed by atoms with van der Waals surface area (Å²) in [7, 11) is 0. The number of carboxylic acid groups (broad SMARTS) is 1. The van der Waals surface area contributed by atoms with E-state index in [4.69, 9.17) is 0 Å². The summed E-state index contributed by atoms with van der Waals surface area (Å²) in [6.07, 6.45) is 5.17. The Balaban J connectivity index is 1.71. The normalized spacial score (nSPS) is 25.6. The Bertz CT molecular complexity index is 576. The van der Waals surface area contributed by atoms with Gasteiger partial charge in [-0.25, -0.2) is 0 Å². The molecule has 22 heavy (non-hydrogen) atoms. The highest BCUT2D eigenvalue weighted by atomic mass is 16.4. The standard InChI is InChI=1S/C18H23NO3/c1-18(17(21)22)10-3-11-19(12-18)16(20)15-8-6-14(7-9-15)13-4-2-5-13/h6-9,13H,2-5,10-12H2,1H3,(H,21,22). The van der Waals surface area contributed by atoms with Crippen LogP contribution in [-0.4, -0.2) is 35.0 Å². The molecule has 0 radical (unpaired) electrons. The molecular weight excluding hydrogens is 278 g/mol. The molecule has 1 saturated heterocycles. The van der Waals surface area contributed by atoms with E-state index in [0.717, 1.165) is 6.42 Å². The fourth-order valence-electron chi connectivity index (χ4n) is 3.41. The number of rotatable bonds is 3. The molecule has 1 aromatic carbocycles. The number of hydrogen-bond donors (Lipinski definition) is 1. The van der Waals surface area contributed by atoms with Gasteiger partial charge in [0, 0.05) is 18.7 Å². The Morgan fingerprint density at radius 2 is 1.86 bits per heavy atom. The van der Waals surface area contributed by atoms with Crippen molar-refractivity contribution in [2.24, 2.45) is 5.41 Å². The van der Waals surface area contributed by atoms with E-state index >= 15 is 0 Å². The monoisotopic (exact) mass is 301 g/mol. The van der Waals surface area contributed by atoms with Gasteiger partial charge in [-0.05, 0) is 56.2 Å². The van der Waals surface area contributed by atoms with Crippen LogP contribution in [0.1, 0.15) is 60.9 Å². The maximum atomic E-state index is 12.6. The number of hydrogen-bond acceptors (Lipinski definition) is 2. The SMILES string of the molecule is CC1(C(=O)O)CCCN(C(=O)c2ccc(C3CCC3)cc2)C1. The van der Waals surface area contributed by atoms with Crippen LogP contribution in [0.25, 0.3) is 0 Å². The molecule has 1 heterocycles. The van der Waals surface area contributed by atoms with E-state index in [1.54, 1.807) is 11.8 Å². The zero-order valence-corrected chi connectivity index (χ0v) is 13.0. The number of benzene rings is 1. The second-order valence-corrected chi connectivity index (χ2v) is 6.95. The average molecular weight is 301 g/mol. The van der Waals surface area contributed by atoms with Crippen molar-refractivity contribution in [3.8, 4) is 0 Å². The van der Waals surface area contributed by atoms with Gasteiger partial charge in [0.05, 0.1) is 5.41 Å². The third-order valence-corrected chi connectivity index (χ3v) is 5.23. The lowest BCUT2D eigenvalue weighted by atomic mass is 9.80. The summed E-state index contributed by atoms with van der Waals surface area (Å²) in [6, 6.07) is 7.89. The lowest BCUT2D eigenvalue weighted by molar-refractivity contribution is -0.150. The first-order valence-corrected chi connectivity index (χ1v) is 8.12. The molecule has 0 spiro atoms. The van der Waals surface area contributed by atoms with Crippen LogP contribution in [0.5, 0.6) is 0 Å². The molecule has 1 N–H and O–H groups in total. The van der Waals surface area contributed by atoms with E-state index in [9.17, 15) is 14.7 Å². The molecule has 4 nitrogen and oxygen atoms in total. The summed E-state index contributed by atoms with van der Waals surface area (Å²) in [5.74, 6) is -0.202. The minimum Gasteiger partial charge on any atom is -0.481 e. The smallest absolute Gasteiger partial charge is 0.311 e. The number of carboxylic acids is 1. The van der Waals surface area contributed by atoms with Gasteiger partial charge in [0.25, 0.3) is 5.91 Å². The molecule has 1 amide bonds. The van der Waals surface area contributed by atoms with Gasteiger partial charge in [-0.3, -0.25) is 9.59 Å². The van der Waals surface area contributed by atoms with Crippen LogP contribution in [-0.2, 0) is 4.79 Å². The first-order valence-electron chi connectivity index (χ1n) is 8.12. The highest BCUT2D eigenvalue weighted by Crippen LogP contribution is 2.36. The average Bonchev–Trinajstić information content (AvgIpc) is 2.45. The van der Waals surface area contributed by atoms with Crippen LogP contribution >= 0.6 is 0 Å². The van der Waals surface area contributed by atoms with E-state index in [1.807, 2.05) is 12.1 Å². The minimum absolute atomic E-state index is 0.0488. The Morgan fingerprint density at radius 1 is 1.18 bits per heavy atom. The molecule has 118 valence electrons. The number of carbonyl (C=O) groups is 2. The van der Waals surface area contributed by atoms with Crippen molar-refractivity contribution in [3.63, 3.8) is 0 Å². The van der Waals surface area contributed by atoms with Gasteiger partial charge in [0.15, 0.2) is 0 Å². The summed E-state index contributed by atoms with van der Waals surface area (Å²) < 4.78 is 0. The molecule has 1 saturated carbocycles. The first kappa shape index (κ1) is 15.1. The third-order valence-electron chi connectivity index (χ3n) is 5.23. The van der Waals surface area contributed by atoms with Crippen molar-refractivity contribution in [1.82, 2.24) is 4.90 Å². The zero-order valence-electron chi connectivity index (χ0n) is 13.0. The Hall–Kier alpha value is -1.84.